The highest BCUT2D eigenvalue weighted by Gasteiger charge is 2.32. The summed E-state index contributed by atoms with van der Waals surface area (Å²) in [6.45, 7) is 2.83. The fraction of sp³-hybridized carbons (Fsp3) is 1.00. The Morgan fingerprint density at radius 2 is 2.19 bits per heavy atom. The summed E-state index contributed by atoms with van der Waals surface area (Å²) >= 11 is 0. The van der Waals surface area contributed by atoms with E-state index in [1.54, 1.807) is 0 Å². The van der Waals surface area contributed by atoms with Crippen LogP contribution in [-0.4, -0.2) is 37.6 Å². The van der Waals surface area contributed by atoms with Crippen LogP contribution < -0.4 is 0 Å². The Balaban J connectivity index is 1.69. The minimum Gasteiger partial charge on any atom is -0.396 e. The van der Waals surface area contributed by atoms with Crippen LogP contribution in [0.4, 0.5) is 0 Å². The van der Waals surface area contributed by atoms with Crippen LogP contribution in [0.5, 0.6) is 0 Å². The Labute approximate surface area is 98.1 Å². The number of rotatable bonds is 5. The second-order valence-electron chi connectivity index (χ2n) is 5.34. The van der Waals surface area contributed by atoms with Gasteiger partial charge in [-0.15, -0.1) is 0 Å². The molecule has 0 amide bonds. The smallest absolute Gasteiger partial charge is 0.0576 e. The molecule has 2 unspecified atom stereocenters. The lowest BCUT2D eigenvalue weighted by atomic mass is 9.78. The van der Waals surface area contributed by atoms with Crippen LogP contribution in [0.25, 0.3) is 0 Å². The monoisotopic (exact) mass is 228 g/mol. The van der Waals surface area contributed by atoms with E-state index < -0.39 is 0 Å². The van der Waals surface area contributed by atoms with Gasteiger partial charge < -0.3 is 14.6 Å². The van der Waals surface area contributed by atoms with Crippen LogP contribution in [0.3, 0.4) is 0 Å². The number of hydrogen-bond acceptors (Lipinski definition) is 3. The Kier molecular flexibility index (Phi) is 4.62. The first-order valence-corrected chi connectivity index (χ1v) is 6.65. The van der Waals surface area contributed by atoms with Gasteiger partial charge in [0.2, 0.25) is 0 Å². The molecular formula is C13H24O3. The van der Waals surface area contributed by atoms with E-state index >= 15 is 0 Å². The Morgan fingerprint density at radius 3 is 2.81 bits per heavy atom. The van der Waals surface area contributed by atoms with Gasteiger partial charge in [-0.3, -0.25) is 0 Å². The lowest BCUT2D eigenvalue weighted by Crippen LogP contribution is -2.35. The molecule has 0 aromatic carbocycles. The van der Waals surface area contributed by atoms with Crippen molar-refractivity contribution < 1.29 is 14.6 Å². The van der Waals surface area contributed by atoms with E-state index in [4.69, 9.17) is 9.47 Å². The molecule has 2 fully saturated rings. The minimum absolute atomic E-state index is 0.0524. The summed E-state index contributed by atoms with van der Waals surface area (Å²) < 4.78 is 11.1. The number of hydrogen-bond donors (Lipinski definition) is 1. The molecule has 0 aliphatic carbocycles. The number of ether oxygens (including phenoxy) is 2. The van der Waals surface area contributed by atoms with E-state index in [0.29, 0.717) is 6.10 Å². The van der Waals surface area contributed by atoms with Crippen molar-refractivity contribution in [1.82, 2.24) is 0 Å². The molecule has 2 aliphatic heterocycles. The molecular weight excluding hydrogens is 204 g/mol. The molecule has 16 heavy (non-hydrogen) atoms. The van der Waals surface area contributed by atoms with Gasteiger partial charge in [0.1, 0.15) is 0 Å². The second-order valence-corrected chi connectivity index (χ2v) is 5.34. The van der Waals surface area contributed by atoms with Gasteiger partial charge in [0, 0.05) is 18.6 Å². The first-order valence-electron chi connectivity index (χ1n) is 6.65. The molecule has 1 N–H and O–H groups in total. The highest BCUT2D eigenvalue weighted by molar-refractivity contribution is 4.81. The third-order valence-corrected chi connectivity index (χ3v) is 4.00. The molecule has 94 valence electrons. The summed E-state index contributed by atoms with van der Waals surface area (Å²) in [5.41, 5.74) is 0.0524. The van der Waals surface area contributed by atoms with Crippen LogP contribution in [0.1, 0.15) is 44.9 Å². The molecule has 0 saturated carbocycles. The minimum atomic E-state index is 0.0524. The molecule has 3 nitrogen and oxygen atoms in total. The summed E-state index contributed by atoms with van der Waals surface area (Å²) in [5.74, 6) is 0. The lowest BCUT2D eigenvalue weighted by molar-refractivity contribution is -0.0454. The normalized spacial score (nSPS) is 35.4. The van der Waals surface area contributed by atoms with Crippen molar-refractivity contribution in [3.05, 3.63) is 0 Å². The third-order valence-electron chi connectivity index (χ3n) is 4.00. The quantitative estimate of drug-likeness (QED) is 0.783. The SMILES string of the molecule is OCC1(CCCC2CCCO2)CCCOC1. The second kappa shape index (κ2) is 5.99. The molecule has 3 heteroatoms. The molecule has 0 spiro atoms. The summed E-state index contributed by atoms with van der Waals surface area (Å²) in [7, 11) is 0. The zero-order chi connectivity index (χ0) is 11.3. The van der Waals surface area contributed by atoms with Crippen molar-refractivity contribution in [2.24, 2.45) is 5.41 Å². The van der Waals surface area contributed by atoms with E-state index in [9.17, 15) is 5.11 Å². The van der Waals surface area contributed by atoms with Gasteiger partial charge in [0.05, 0.1) is 19.3 Å². The van der Waals surface area contributed by atoms with Gasteiger partial charge in [-0.25, -0.2) is 0 Å². The topological polar surface area (TPSA) is 38.7 Å². The zero-order valence-corrected chi connectivity index (χ0v) is 10.1. The fourth-order valence-electron chi connectivity index (χ4n) is 2.89. The van der Waals surface area contributed by atoms with Crippen molar-refractivity contribution >= 4 is 0 Å². The fourth-order valence-corrected chi connectivity index (χ4v) is 2.89. The standard InChI is InChI=1S/C13H24O3/c14-10-13(7-3-8-15-11-13)6-1-4-12-5-2-9-16-12/h12,14H,1-11H2. The summed E-state index contributed by atoms with van der Waals surface area (Å²) in [6.07, 6.45) is 8.55. The summed E-state index contributed by atoms with van der Waals surface area (Å²) in [4.78, 5) is 0. The van der Waals surface area contributed by atoms with Gasteiger partial charge in [-0.1, -0.05) is 6.42 Å². The van der Waals surface area contributed by atoms with Gasteiger partial charge in [0.15, 0.2) is 0 Å². The average Bonchev–Trinajstić information content (AvgIpc) is 2.83. The molecule has 2 atom stereocenters. The van der Waals surface area contributed by atoms with Crippen molar-refractivity contribution in [3.8, 4) is 0 Å². The molecule has 0 aromatic rings. The van der Waals surface area contributed by atoms with Crippen molar-refractivity contribution in [1.29, 1.82) is 0 Å². The molecule has 0 aromatic heterocycles. The lowest BCUT2D eigenvalue weighted by Gasteiger charge is -2.35. The van der Waals surface area contributed by atoms with Gasteiger partial charge >= 0.3 is 0 Å². The Bertz CT molecular complexity index is 193. The predicted octanol–water partition coefficient (Wildman–Crippen LogP) is 2.12. The van der Waals surface area contributed by atoms with E-state index in [-0.39, 0.29) is 12.0 Å². The largest absolute Gasteiger partial charge is 0.396 e. The highest BCUT2D eigenvalue weighted by atomic mass is 16.5. The maximum absolute atomic E-state index is 9.52. The van der Waals surface area contributed by atoms with Crippen molar-refractivity contribution in [3.63, 3.8) is 0 Å². The van der Waals surface area contributed by atoms with Crippen LogP contribution in [0, 0.1) is 5.41 Å². The molecule has 0 bridgehead atoms. The number of aliphatic hydroxyl groups is 1. The highest BCUT2D eigenvalue weighted by Crippen LogP contribution is 2.34. The first kappa shape index (κ1) is 12.3. The molecule has 2 heterocycles. The van der Waals surface area contributed by atoms with E-state index in [1.807, 2.05) is 0 Å². The Hall–Kier alpha value is -0.120. The third kappa shape index (κ3) is 3.19. The number of aliphatic hydroxyl groups excluding tert-OH is 1. The van der Waals surface area contributed by atoms with Crippen LogP contribution in [0.2, 0.25) is 0 Å². The molecule has 0 radical (unpaired) electrons. The van der Waals surface area contributed by atoms with Crippen LogP contribution in [0.15, 0.2) is 0 Å². The molecule has 2 saturated heterocycles. The van der Waals surface area contributed by atoms with Gasteiger partial charge in [-0.05, 0) is 38.5 Å². The van der Waals surface area contributed by atoms with Gasteiger partial charge in [-0.2, -0.15) is 0 Å². The maximum atomic E-state index is 9.52. The maximum Gasteiger partial charge on any atom is 0.0576 e. The average molecular weight is 228 g/mol. The van der Waals surface area contributed by atoms with E-state index in [1.165, 1.54) is 12.8 Å². The zero-order valence-electron chi connectivity index (χ0n) is 10.1. The summed E-state index contributed by atoms with van der Waals surface area (Å²) in [5, 5.41) is 9.52. The van der Waals surface area contributed by atoms with Crippen LogP contribution in [-0.2, 0) is 9.47 Å². The van der Waals surface area contributed by atoms with Gasteiger partial charge in [0.25, 0.3) is 0 Å². The first-order chi connectivity index (χ1) is 7.85. The van der Waals surface area contributed by atoms with Crippen molar-refractivity contribution in [2.75, 3.05) is 26.4 Å². The molecule has 2 aliphatic rings. The predicted molar refractivity (Wildman–Crippen MR) is 62.4 cm³/mol. The summed E-state index contributed by atoms with van der Waals surface area (Å²) in [6, 6.07) is 0. The van der Waals surface area contributed by atoms with E-state index in [2.05, 4.69) is 0 Å². The van der Waals surface area contributed by atoms with Crippen LogP contribution >= 0.6 is 0 Å². The Morgan fingerprint density at radius 1 is 1.25 bits per heavy atom. The molecule has 2 rings (SSSR count). The van der Waals surface area contributed by atoms with E-state index in [0.717, 1.165) is 51.9 Å². The van der Waals surface area contributed by atoms with Crippen molar-refractivity contribution in [2.45, 2.75) is 51.0 Å².